The van der Waals surface area contributed by atoms with Crippen LogP contribution in [0.25, 0.3) is 0 Å². The molecule has 0 aliphatic carbocycles. The van der Waals surface area contributed by atoms with Gasteiger partial charge in [-0.05, 0) is 24.1 Å². The van der Waals surface area contributed by atoms with Gasteiger partial charge in [-0.1, -0.05) is 6.07 Å². The van der Waals surface area contributed by atoms with Crippen molar-refractivity contribution < 1.29 is 24.2 Å². The monoisotopic (exact) mass is 253 g/mol. The van der Waals surface area contributed by atoms with E-state index in [9.17, 15) is 14.7 Å². The van der Waals surface area contributed by atoms with Crippen molar-refractivity contribution in [2.45, 2.75) is 12.8 Å². The molecule has 0 aliphatic heterocycles. The smallest absolute Gasteiger partial charge is 0.327 e. The summed E-state index contributed by atoms with van der Waals surface area (Å²) in [5.74, 6) is -1.01. The van der Waals surface area contributed by atoms with Crippen LogP contribution in [0, 0.1) is 0 Å². The number of aromatic hydroxyl groups is 1. The summed E-state index contributed by atoms with van der Waals surface area (Å²) in [4.78, 5) is 22.0. The summed E-state index contributed by atoms with van der Waals surface area (Å²) in [6.07, 6.45) is 0.437. The van der Waals surface area contributed by atoms with E-state index in [-0.39, 0.29) is 18.7 Å². The third-order valence-corrected chi connectivity index (χ3v) is 2.26. The molecule has 1 aromatic rings. The minimum atomic E-state index is -0.747. The molecule has 0 aliphatic rings. The molecule has 0 fully saturated rings. The first-order valence-corrected chi connectivity index (χ1v) is 5.36. The van der Waals surface area contributed by atoms with E-state index < -0.39 is 11.9 Å². The summed E-state index contributed by atoms with van der Waals surface area (Å²) < 4.78 is 9.36. The van der Waals surface area contributed by atoms with E-state index in [1.54, 1.807) is 12.1 Å². The third-order valence-electron chi connectivity index (χ3n) is 2.26. The molecule has 0 bridgehead atoms. The molecular weight excluding hydrogens is 238 g/mol. The Morgan fingerprint density at radius 3 is 2.67 bits per heavy atom. The van der Waals surface area contributed by atoms with E-state index in [2.05, 4.69) is 4.74 Å². The van der Waals surface area contributed by atoms with Crippen LogP contribution in [0.3, 0.4) is 0 Å². The molecule has 0 atom stereocenters. The molecule has 1 rings (SSSR count). The molecule has 0 aromatic heterocycles. The Bertz CT molecular complexity index is 444. The van der Waals surface area contributed by atoms with E-state index in [4.69, 9.17) is 10.5 Å². The third kappa shape index (κ3) is 4.06. The van der Waals surface area contributed by atoms with Gasteiger partial charge in [0.2, 0.25) is 0 Å². The maximum Gasteiger partial charge on any atom is 0.327 e. The van der Waals surface area contributed by atoms with Gasteiger partial charge in [0.05, 0.1) is 20.1 Å². The van der Waals surface area contributed by atoms with Crippen LogP contribution in [0.4, 0.5) is 0 Å². The lowest BCUT2D eigenvalue weighted by Gasteiger charge is -2.06. The second-order valence-electron chi connectivity index (χ2n) is 3.56. The van der Waals surface area contributed by atoms with Crippen LogP contribution in [0.5, 0.6) is 11.5 Å². The van der Waals surface area contributed by atoms with Crippen LogP contribution in [0.2, 0.25) is 0 Å². The van der Waals surface area contributed by atoms with E-state index in [0.29, 0.717) is 12.2 Å². The Balaban J connectivity index is 2.53. The van der Waals surface area contributed by atoms with Gasteiger partial charge in [-0.25, -0.2) is 0 Å². The lowest BCUT2D eigenvalue weighted by molar-refractivity contribution is -0.158. The van der Waals surface area contributed by atoms with Crippen LogP contribution >= 0.6 is 0 Å². The SMILES string of the molecule is COc1cc(CCC(=O)OC(=O)CN)ccc1O. The summed E-state index contributed by atoms with van der Waals surface area (Å²) in [6, 6.07) is 4.76. The molecule has 0 saturated heterocycles. The number of aryl methyl sites for hydroxylation is 1. The van der Waals surface area contributed by atoms with Crippen LogP contribution in [0.1, 0.15) is 12.0 Å². The number of esters is 2. The van der Waals surface area contributed by atoms with Gasteiger partial charge in [0.15, 0.2) is 11.5 Å². The number of rotatable bonds is 5. The Morgan fingerprint density at radius 1 is 1.33 bits per heavy atom. The molecule has 0 spiro atoms. The molecule has 6 nitrogen and oxygen atoms in total. The Kier molecular flexibility index (Phi) is 5.13. The maximum atomic E-state index is 11.2. The van der Waals surface area contributed by atoms with Crippen molar-refractivity contribution in [1.29, 1.82) is 0 Å². The van der Waals surface area contributed by atoms with Gasteiger partial charge in [0.1, 0.15) is 0 Å². The zero-order chi connectivity index (χ0) is 13.5. The van der Waals surface area contributed by atoms with Crippen LogP contribution in [-0.2, 0) is 20.7 Å². The normalized spacial score (nSPS) is 9.89. The van der Waals surface area contributed by atoms with Crippen molar-refractivity contribution in [2.75, 3.05) is 13.7 Å². The number of phenolic OH excluding ortho intramolecular Hbond substituents is 1. The van der Waals surface area contributed by atoms with Gasteiger partial charge in [-0.3, -0.25) is 9.59 Å². The standard InChI is InChI=1S/C12H15NO5/c1-17-10-6-8(2-4-9(10)14)3-5-11(15)18-12(16)7-13/h2,4,6,14H,3,5,7,13H2,1H3. The van der Waals surface area contributed by atoms with Crippen molar-refractivity contribution in [3.63, 3.8) is 0 Å². The van der Waals surface area contributed by atoms with Crippen molar-refractivity contribution in [1.82, 2.24) is 0 Å². The van der Waals surface area contributed by atoms with E-state index >= 15 is 0 Å². The number of hydrogen-bond acceptors (Lipinski definition) is 6. The highest BCUT2D eigenvalue weighted by Gasteiger charge is 2.10. The van der Waals surface area contributed by atoms with Gasteiger partial charge < -0.3 is 20.3 Å². The lowest BCUT2D eigenvalue weighted by Crippen LogP contribution is -2.20. The quantitative estimate of drug-likeness (QED) is 0.580. The van der Waals surface area contributed by atoms with Gasteiger partial charge in [0.25, 0.3) is 0 Å². The van der Waals surface area contributed by atoms with Crippen LogP contribution in [-0.4, -0.2) is 30.7 Å². The molecule has 3 N–H and O–H groups in total. The van der Waals surface area contributed by atoms with Crippen LogP contribution in [0.15, 0.2) is 18.2 Å². The fraction of sp³-hybridized carbons (Fsp3) is 0.333. The number of carbonyl (C=O) groups is 2. The van der Waals surface area contributed by atoms with Gasteiger partial charge in [-0.15, -0.1) is 0 Å². The molecule has 0 unspecified atom stereocenters. The highest BCUT2D eigenvalue weighted by atomic mass is 16.6. The molecule has 6 heteroatoms. The molecule has 1 aromatic carbocycles. The van der Waals surface area contributed by atoms with E-state index in [1.165, 1.54) is 13.2 Å². The predicted molar refractivity (Wildman–Crippen MR) is 63.1 cm³/mol. The summed E-state index contributed by atoms with van der Waals surface area (Å²) in [5.41, 5.74) is 5.80. The van der Waals surface area contributed by atoms with Gasteiger partial charge in [0, 0.05) is 0 Å². The average molecular weight is 253 g/mol. The van der Waals surface area contributed by atoms with Gasteiger partial charge in [-0.2, -0.15) is 0 Å². The second kappa shape index (κ2) is 6.61. The van der Waals surface area contributed by atoms with Crippen molar-refractivity contribution in [3.05, 3.63) is 23.8 Å². The summed E-state index contributed by atoms with van der Waals surface area (Å²) in [5, 5.41) is 9.39. The van der Waals surface area contributed by atoms with E-state index in [0.717, 1.165) is 5.56 Å². The molecule has 98 valence electrons. The lowest BCUT2D eigenvalue weighted by atomic mass is 10.1. The minimum absolute atomic E-state index is 0.0298. The summed E-state index contributed by atoms with van der Waals surface area (Å²) in [7, 11) is 1.44. The van der Waals surface area contributed by atoms with E-state index in [1.807, 2.05) is 0 Å². The number of phenols is 1. The number of carbonyl (C=O) groups excluding carboxylic acids is 2. The summed E-state index contributed by atoms with van der Waals surface area (Å²) >= 11 is 0. The number of hydrogen-bond donors (Lipinski definition) is 2. The maximum absolute atomic E-state index is 11.2. The van der Waals surface area contributed by atoms with Crippen molar-refractivity contribution in [2.24, 2.45) is 5.73 Å². The molecule has 0 radical (unpaired) electrons. The Morgan fingerprint density at radius 2 is 2.06 bits per heavy atom. The fourth-order valence-corrected chi connectivity index (χ4v) is 1.34. The first-order chi connectivity index (χ1) is 8.56. The van der Waals surface area contributed by atoms with Crippen molar-refractivity contribution in [3.8, 4) is 11.5 Å². The molecule has 0 amide bonds. The topological polar surface area (TPSA) is 98.9 Å². The Hall–Kier alpha value is -2.08. The number of methoxy groups -OCH3 is 1. The van der Waals surface area contributed by atoms with Crippen LogP contribution < -0.4 is 10.5 Å². The predicted octanol–water partition coefficient (Wildman–Crippen LogP) is 0.362. The number of nitrogens with two attached hydrogens (primary N) is 1. The summed E-state index contributed by atoms with van der Waals surface area (Å²) in [6.45, 7) is -0.321. The molecule has 18 heavy (non-hydrogen) atoms. The number of ether oxygens (including phenoxy) is 2. The molecule has 0 heterocycles. The largest absolute Gasteiger partial charge is 0.504 e. The van der Waals surface area contributed by atoms with Gasteiger partial charge >= 0.3 is 11.9 Å². The molecular formula is C12H15NO5. The molecule has 0 saturated carbocycles. The average Bonchev–Trinajstić information content (AvgIpc) is 2.37. The second-order valence-corrected chi connectivity index (χ2v) is 3.56. The highest BCUT2D eigenvalue weighted by Crippen LogP contribution is 2.26. The minimum Gasteiger partial charge on any atom is -0.504 e. The highest BCUT2D eigenvalue weighted by molar-refractivity contribution is 5.86. The zero-order valence-electron chi connectivity index (χ0n) is 10.0. The first-order valence-electron chi connectivity index (χ1n) is 5.36. The first kappa shape index (κ1) is 14.0. The number of benzene rings is 1. The van der Waals surface area contributed by atoms with Crippen molar-refractivity contribution >= 4 is 11.9 Å². The Labute approximate surface area is 104 Å². The fourth-order valence-electron chi connectivity index (χ4n) is 1.34. The zero-order valence-corrected chi connectivity index (χ0v) is 10.0.